The van der Waals surface area contributed by atoms with Crippen LogP contribution in [0.2, 0.25) is 0 Å². The van der Waals surface area contributed by atoms with Gasteiger partial charge in [-0.25, -0.2) is 8.78 Å². The lowest BCUT2D eigenvalue weighted by molar-refractivity contribution is -0.114. The number of hydrogen-bond acceptors (Lipinski definition) is 2. The minimum atomic E-state index is -0.435. The van der Waals surface area contributed by atoms with Gasteiger partial charge in [0.25, 0.3) is 0 Å². The number of anilines is 2. The maximum absolute atomic E-state index is 13.6. The van der Waals surface area contributed by atoms with Crippen LogP contribution >= 0.6 is 0 Å². The Morgan fingerprint density at radius 1 is 1.15 bits per heavy atom. The molecule has 2 aromatic rings. The highest BCUT2D eigenvalue weighted by atomic mass is 19.1. The molecule has 1 amide bonds. The van der Waals surface area contributed by atoms with Crippen molar-refractivity contribution in [1.82, 2.24) is 0 Å². The molecule has 0 atom stereocenters. The number of nitrogens with one attached hydrogen (secondary N) is 2. The largest absolute Gasteiger partial charge is 0.379 e. The van der Waals surface area contributed by atoms with E-state index in [2.05, 4.69) is 10.6 Å². The first kappa shape index (κ1) is 14.0. The minimum Gasteiger partial charge on any atom is -0.379 e. The van der Waals surface area contributed by atoms with E-state index in [1.165, 1.54) is 37.3 Å². The van der Waals surface area contributed by atoms with Gasteiger partial charge in [-0.15, -0.1) is 0 Å². The summed E-state index contributed by atoms with van der Waals surface area (Å²) >= 11 is 0. The van der Waals surface area contributed by atoms with E-state index in [1.54, 1.807) is 12.1 Å². The van der Waals surface area contributed by atoms with Gasteiger partial charge >= 0.3 is 0 Å². The van der Waals surface area contributed by atoms with Crippen LogP contribution in [0.15, 0.2) is 42.5 Å². The average Bonchev–Trinajstić information content (AvgIpc) is 2.39. The molecule has 0 aliphatic heterocycles. The standard InChI is InChI=1S/C15H14F2N2O/c1-10(20)19-13-5-6-14(17)15(8-13)18-9-11-3-2-4-12(16)7-11/h2-8,18H,9H2,1H3,(H,19,20). The van der Waals surface area contributed by atoms with Crippen molar-refractivity contribution >= 4 is 17.3 Å². The van der Waals surface area contributed by atoms with Crippen LogP contribution in [0, 0.1) is 11.6 Å². The van der Waals surface area contributed by atoms with Gasteiger partial charge in [0.05, 0.1) is 5.69 Å². The number of benzene rings is 2. The van der Waals surface area contributed by atoms with E-state index < -0.39 is 5.82 Å². The van der Waals surface area contributed by atoms with Crippen LogP contribution in [0.4, 0.5) is 20.2 Å². The van der Waals surface area contributed by atoms with Crippen molar-refractivity contribution in [1.29, 1.82) is 0 Å². The number of carbonyl (C=O) groups is 1. The van der Waals surface area contributed by atoms with Crippen molar-refractivity contribution in [3.63, 3.8) is 0 Å². The predicted molar refractivity (Wildman–Crippen MR) is 74.4 cm³/mol. The van der Waals surface area contributed by atoms with Crippen molar-refractivity contribution in [3.8, 4) is 0 Å². The summed E-state index contributed by atoms with van der Waals surface area (Å²) in [6.45, 7) is 1.67. The van der Waals surface area contributed by atoms with Gasteiger partial charge in [0.15, 0.2) is 0 Å². The second-order valence-corrected chi connectivity index (χ2v) is 4.36. The fourth-order valence-electron chi connectivity index (χ4n) is 1.79. The molecule has 104 valence electrons. The van der Waals surface area contributed by atoms with E-state index in [0.29, 0.717) is 11.3 Å². The summed E-state index contributed by atoms with van der Waals surface area (Å²) < 4.78 is 26.7. The fraction of sp³-hybridized carbons (Fsp3) is 0.133. The van der Waals surface area contributed by atoms with Crippen molar-refractivity contribution in [3.05, 3.63) is 59.7 Å². The topological polar surface area (TPSA) is 41.1 Å². The molecule has 0 aromatic heterocycles. The lowest BCUT2D eigenvalue weighted by Crippen LogP contribution is -2.07. The van der Waals surface area contributed by atoms with Crippen molar-refractivity contribution in [2.75, 3.05) is 10.6 Å². The maximum atomic E-state index is 13.6. The molecule has 0 saturated heterocycles. The normalized spacial score (nSPS) is 10.2. The molecule has 0 spiro atoms. The highest BCUT2D eigenvalue weighted by molar-refractivity contribution is 5.89. The Kier molecular flexibility index (Phi) is 4.30. The molecule has 2 aromatic carbocycles. The number of amides is 1. The van der Waals surface area contributed by atoms with E-state index in [-0.39, 0.29) is 24.0 Å². The summed E-state index contributed by atoms with van der Waals surface area (Å²) in [6, 6.07) is 10.3. The van der Waals surface area contributed by atoms with Gasteiger partial charge in [0.2, 0.25) is 5.91 Å². The van der Waals surface area contributed by atoms with Crippen LogP contribution in [0.5, 0.6) is 0 Å². The molecular formula is C15H14F2N2O. The summed E-state index contributed by atoms with van der Waals surface area (Å²) in [4.78, 5) is 11.0. The number of rotatable bonds is 4. The van der Waals surface area contributed by atoms with Crippen LogP contribution < -0.4 is 10.6 Å². The first-order chi connectivity index (χ1) is 9.54. The smallest absolute Gasteiger partial charge is 0.221 e. The highest BCUT2D eigenvalue weighted by Crippen LogP contribution is 2.20. The Hall–Kier alpha value is -2.43. The Morgan fingerprint density at radius 2 is 1.95 bits per heavy atom. The monoisotopic (exact) mass is 276 g/mol. The van der Waals surface area contributed by atoms with Gasteiger partial charge in [-0.1, -0.05) is 12.1 Å². The molecule has 2 N–H and O–H groups in total. The molecule has 5 heteroatoms. The molecule has 20 heavy (non-hydrogen) atoms. The summed E-state index contributed by atoms with van der Waals surface area (Å²) in [5.74, 6) is -1.00. The van der Waals surface area contributed by atoms with Gasteiger partial charge in [-0.05, 0) is 35.9 Å². The lowest BCUT2D eigenvalue weighted by Gasteiger charge is -2.10. The van der Waals surface area contributed by atoms with E-state index in [4.69, 9.17) is 0 Å². The van der Waals surface area contributed by atoms with Crippen molar-refractivity contribution in [2.45, 2.75) is 13.5 Å². The Balaban J connectivity index is 2.10. The van der Waals surface area contributed by atoms with Gasteiger partial charge in [-0.2, -0.15) is 0 Å². The van der Waals surface area contributed by atoms with E-state index in [1.807, 2.05) is 0 Å². The zero-order valence-electron chi connectivity index (χ0n) is 10.9. The molecule has 0 aliphatic rings. The van der Waals surface area contributed by atoms with Crippen LogP contribution in [-0.2, 0) is 11.3 Å². The second-order valence-electron chi connectivity index (χ2n) is 4.36. The van der Waals surface area contributed by atoms with Gasteiger partial charge in [-0.3, -0.25) is 4.79 Å². The quantitative estimate of drug-likeness (QED) is 0.896. The maximum Gasteiger partial charge on any atom is 0.221 e. The second kappa shape index (κ2) is 6.14. The summed E-state index contributed by atoms with van der Waals surface area (Å²) in [7, 11) is 0. The third kappa shape index (κ3) is 3.78. The first-order valence-electron chi connectivity index (χ1n) is 6.10. The Bertz CT molecular complexity index is 629. The first-order valence-corrected chi connectivity index (χ1v) is 6.10. The van der Waals surface area contributed by atoms with Gasteiger partial charge in [0, 0.05) is 19.2 Å². The Labute approximate surface area is 115 Å². The van der Waals surface area contributed by atoms with Crippen molar-refractivity contribution < 1.29 is 13.6 Å². The van der Waals surface area contributed by atoms with E-state index in [0.717, 1.165) is 0 Å². The zero-order chi connectivity index (χ0) is 14.5. The molecular weight excluding hydrogens is 262 g/mol. The number of halogens is 2. The molecule has 0 heterocycles. The molecule has 0 fully saturated rings. The molecule has 0 bridgehead atoms. The summed E-state index contributed by atoms with van der Waals surface area (Å²) in [5.41, 5.74) is 1.45. The third-order valence-corrected chi connectivity index (χ3v) is 2.66. The van der Waals surface area contributed by atoms with Crippen LogP contribution in [0.3, 0.4) is 0 Å². The highest BCUT2D eigenvalue weighted by Gasteiger charge is 2.05. The minimum absolute atomic E-state index is 0.229. The van der Waals surface area contributed by atoms with Crippen molar-refractivity contribution in [2.24, 2.45) is 0 Å². The van der Waals surface area contributed by atoms with Crippen LogP contribution in [0.1, 0.15) is 12.5 Å². The Morgan fingerprint density at radius 3 is 2.65 bits per heavy atom. The van der Waals surface area contributed by atoms with Gasteiger partial charge in [0.1, 0.15) is 11.6 Å². The van der Waals surface area contributed by atoms with Crippen LogP contribution in [0.25, 0.3) is 0 Å². The van der Waals surface area contributed by atoms with Gasteiger partial charge < -0.3 is 10.6 Å². The number of carbonyl (C=O) groups excluding carboxylic acids is 1. The molecule has 0 aliphatic carbocycles. The predicted octanol–water partition coefficient (Wildman–Crippen LogP) is 3.54. The van der Waals surface area contributed by atoms with E-state index >= 15 is 0 Å². The molecule has 2 rings (SSSR count). The average molecular weight is 276 g/mol. The zero-order valence-corrected chi connectivity index (χ0v) is 10.9. The SMILES string of the molecule is CC(=O)Nc1ccc(F)c(NCc2cccc(F)c2)c1. The lowest BCUT2D eigenvalue weighted by atomic mass is 10.2. The fourth-order valence-corrected chi connectivity index (χ4v) is 1.79. The third-order valence-electron chi connectivity index (χ3n) is 2.66. The van der Waals surface area contributed by atoms with E-state index in [9.17, 15) is 13.6 Å². The molecule has 3 nitrogen and oxygen atoms in total. The molecule has 0 unspecified atom stereocenters. The summed E-state index contributed by atoms with van der Waals surface area (Å²) in [5, 5.41) is 5.45. The van der Waals surface area contributed by atoms with Crippen LogP contribution in [-0.4, -0.2) is 5.91 Å². The molecule has 0 saturated carbocycles. The molecule has 0 radical (unpaired) electrons. The number of hydrogen-bond donors (Lipinski definition) is 2. The summed E-state index contributed by atoms with van der Waals surface area (Å²) in [6.07, 6.45) is 0.